The summed E-state index contributed by atoms with van der Waals surface area (Å²) in [4.78, 5) is 16.4. The normalized spacial score (nSPS) is 10.3. The Hall–Kier alpha value is -1.62. The molecular weight excluding hydrogens is 214 g/mol. The van der Waals surface area contributed by atoms with Crippen molar-refractivity contribution in [1.82, 2.24) is 4.98 Å². The van der Waals surface area contributed by atoms with Crippen molar-refractivity contribution in [3.05, 3.63) is 33.5 Å². The summed E-state index contributed by atoms with van der Waals surface area (Å²) in [5.74, 6) is 0.618. The molecule has 0 saturated carbocycles. The van der Waals surface area contributed by atoms with Gasteiger partial charge < -0.3 is 9.15 Å². The highest BCUT2D eigenvalue weighted by atomic mass is 32.1. The van der Waals surface area contributed by atoms with Gasteiger partial charge in [-0.05, 0) is 18.4 Å². The predicted octanol–water partition coefficient (Wildman–Crippen LogP) is 2.08. The van der Waals surface area contributed by atoms with Crippen LogP contribution in [0.4, 0.5) is 0 Å². The van der Waals surface area contributed by atoms with Crippen LogP contribution in [0, 0.1) is 6.92 Å². The van der Waals surface area contributed by atoms with Crippen LogP contribution in [0.3, 0.4) is 0 Å². The Balaban J connectivity index is 2.61. The fourth-order valence-corrected chi connectivity index (χ4v) is 1.80. The van der Waals surface area contributed by atoms with E-state index in [0.29, 0.717) is 17.3 Å². The highest BCUT2D eigenvalue weighted by molar-refractivity contribution is 7.13. The summed E-state index contributed by atoms with van der Waals surface area (Å²) in [5.41, 5.74) is -0.0249. The van der Waals surface area contributed by atoms with E-state index in [4.69, 9.17) is 9.15 Å². The van der Waals surface area contributed by atoms with Crippen molar-refractivity contribution in [1.29, 1.82) is 0 Å². The fourth-order valence-electron chi connectivity index (χ4n) is 1.15. The van der Waals surface area contributed by atoms with Crippen LogP contribution < -0.4 is 10.4 Å². The number of methoxy groups -OCH3 is 1. The van der Waals surface area contributed by atoms with Gasteiger partial charge in [0.2, 0.25) is 11.8 Å². The molecule has 0 atom stereocenters. The summed E-state index contributed by atoms with van der Waals surface area (Å²) in [6.45, 7) is 1.62. The van der Waals surface area contributed by atoms with Gasteiger partial charge in [-0.2, -0.15) is 4.98 Å². The first kappa shape index (κ1) is 9.92. The van der Waals surface area contributed by atoms with Crippen molar-refractivity contribution >= 4 is 11.3 Å². The lowest BCUT2D eigenvalue weighted by atomic mass is 10.3. The zero-order valence-electron chi connectivity index (χ0n) is 8.31. The van der Waals surface area contributed by atoms with Crippen LogP contribution in [0.15, 0.2) is 26.7 Å². The third-order valence-corrected chi connectivity index (χ3v) is 2.80. The Morgan fingerprint density at radius 1 is 1.53 bits per heavy atom. The van der Waals surface area contributed by atoms with E-state index in [9.17, 15) is 4.79 Å². The van der Waals surface area contributed by atoms with Gasteiger partial charge in [0.05, 0.1) is 17.6 Å². The summed E-state index contributed by atoms with van der Waals surface area (Å²) >= 11 is 1.46. The average molecular weight is 223 g/mol. The van der Waals surface area contributed by atoms with Gasteiger partial charge in [0.25, 0.3) is 0 Å². The van der Waals surface area contributed by atoms with Crippen molar-refractivity contribution in [2.75, 3.05) is 7.11 Å². The van der Waals surface area contributed by atoms with E-state index >= 15 is 0 Å². The van der Waals surface area contributed by atoms with Gasteiger partial charge in [0.1, 0.15) is 0 Å². The van der Waals surface area contributed by atoms with Crippen molar-refractivity contribution in [2.45, 2.75) is 6.92 Å². The maximum absolute atomic E-state index is 11.4. The lowest BCUT2D eigenvalue weighted by Gasteiger charge is -2.02. The number of ether oxygens (including phenoxy) is 1. The van der Waals surface area contributed by atoms with Crippen LogP contribution in [-0.2, 0) is 0 Å². The van der Waals surface area contributed by atoms with E-state index < -0.39 is 5.63 Å². The molecule has 0 bridgehead atoms. The minimum atomic E-state index is -0.412. The quantitative estimate of drug-likeness (QED) is 0.782. The number of aromatic nitrogens is 1. The second kappa shape index (κ2) is 3.86. The molecule has 0 fully saturated rings. The Morgan fingerprint density at radius 3 is 2.93 bits per heavy atom. The molecule has 4 nitrogen and oxygen atoms in total. The van der Waals surface area contributed by atoms with Gasteiger partial charge in [-0.3, -0.25) is 0 Å². The number of thiophene rings is 1. The lowest BCUT2D eigenvalue weighted by Crippen LogP contribution is -2.08. The average Bonchev–Trinajstić information content (AvgIpc) is 2.75. The highest BCUT2D eigenvalue weighted by Gasteiger charge is 2.11. The molecule has 0 amide bonds. The summed E-state index contributed by atoms with van der Waals surface area (Å²) in [5, 5.41) is 1.89. The zero-order chi connectivity index (χ0) is 10.8. The number of hydrogen-bond acceptors (Lipinski definition) is 5. The molecule has 0 unspecified atom stereocenters. The van der Waals surface area contributed by atoms with E-state index in [1.165, 1.54) is 18.4 Å². The largest absolute Gasteiger partial charge is 0.481 e. The summed E-state index contributed by atoms with van der Waals surface area (Å²) in [6.07, 6.45) is 0. The molecule has 0 aliphatic heterocycles. The molecule has 0 saturated heterocycles. The predicted molar refractivity (Wildman–Crippen MR) is 57.4 cm³/mol. The van der Waals surface area contributed by atoms with Crippen LogP contribution in [0.1, 0.15) is 5.56 Å². The molecule has 0 N–H and O–H groups in total. The fraction of sp³-hybridized carbons (Fsp3) is 0.200. The second-order valence-electron chi connectivity index (χ2n) is 2.92. The molecule has 5 heteroatoms. The molecule has 0 aromatic carbocycles. The minimum absolute atomic E-state index is 0.303. The van der Waals surface area contributed by atoms with Crippen LogP contribution >= 0.6 is 11.3 Å². The number of rotatable bonds is 2. The van der Waals surface area contributed by atoms with E-state index in [1.807, 2.05) is 17.5 Å². The molecule has 2 aromatic heterocycles. The maximum Gasteiger partial charge on any atom is 0.345 e. The third-order valence-electron chi connectivity index (χ3n) is 1.94. The summed E-state index contributed by atoms with van der Waals surface area (Å²) in [6, 6.07) is 3.71. The van der Waals surface area contributed by atoms with Gasteiger partial charge in [-0.1, -0.05) is 6.07 Å². The van der Waals surface area contributed by atoms with Crippen molar-refractivity contribution < 1.29 is 9.15 Å². The van der Waals surface area contributed by atoms with Crippen LogP contribution in [0.2, 0.25) is 0 Å². The molecule has 2 aromatic rings. The standard InChI is InChI=1S/C10H9NO3S/c1-6-8(13-2)11-9(14-10(6)12)7-4-3-5-15-7/h3-5H,1-2H3. The first-order chi connectivity index (χ1) is 7.22. The Labute approximate surface area is 90.2 Å². The topological polar surface area (TPSA) is 52.3 Å². The van der Waals surface area contributed by atoms with Gasteiger partial charge in [0.15, 0.2) is 0 Å². The minimum Gasteiger partial charge on any atom is -0.481 e. The smallest absolute Gasteiger partial charge is 0.345 e. The molecule has 2 heterocycles. The molecule has 0 spiro atoms. The highest BCUT2D eigenvalue weighted by Crippen LogP contribution is 2.24. The van der Waals surface area contributed by atoms with Crippen LogP contribution in [-0.4, -0.2) is 12.1 Å². The number of nitrogens with zero attached hydrogens (tertiary/aromatic N) is 1. The van der Waals surface area contributed by atoms with Crippen LogP contribution in [0.25, 0.3) is 10.8 Å². The molecule has 2 rings (SSSR count). The lowest BCUT2D eigenvalue weighted by molar-refractivity contribution is 0.376. The van der Waals surface area contributed by atoms with Crippen molar-refractivity contribution in [3.63, 3.8) is 0 Å². The molecule has 0 aliphatic rings. The monoisotopic (exact) mass is 223 g/mol. The number of hydrogen-bond donors (Lipinski definition) is 0. The Morgan fingerprint density at radius 2 is 2.33 bits per heavy atom. The van der Waals surface area contributed by atoms with Gasteiger partial charge >= 0.3 is 5.63 Å². The van der Waals surface area contributed by atoms with E-state index in [1.54, 1.807) is 6.92 Å². The molecule has 15 heavy (non-hydrogen) atoms. The second-order valence-corrected chi connectivity index (χ2v) is 3.87. The zero-order valence-corrected chi connectivity index (χ0v) is 9.13. The molecule has 0 aliphatic carbocycles. The SMILES string of the molecule is COc1nc(-c2cccs2)oc(=O)c1C. The van der Waals surface area contributed by atoms with Crippen molar-refractivity contribution in [3.8, 4) is 16.6 Å². The Bertz CT molecular complexity index is 516. The van der Waals surface area contributed by atoms with E-state index in [2.05, 4.69) is 4.98 Å². The van der Waals surface area contributed by atoms with Gasteiger partial charge in [-0.25, -0.2) is 4.79 Å². The summed E-state index contributed by atoms with van der Waals surface area (Å²) in [7, 11) is 1.48. The third kappa shape index (κ3) is 1.78. The maximum atomic E-state index is 11.4. The van der Waals surface area contributed by atoms with Crippen molar-refractivity contribution in [2.24, 2.45) is 0 Å². The van der Waals surface area contributed by atoms with E-state index in [-0.39, 0.29) is 0 Å². The first-order valence-corrected chi connectivity index (χ1v) is 5.20. The molecule has 0 radical (unpaired) electrons. The van der Waals surface area contributed by atoms with Gasteiger partial charge in [0, 0.05) is 0 Å². The summed E-state index contributed by atoms with van der Waals surface area (Å²) < 4.78 is 10.1. The van der Waals surface area contributed by atoms with Gasteiger partial charge in [-0.15, -0.1) is 11.3 Å². The van der Waals surface area contributed by atoms with Crippen LogP contribution in [0.5, 0.6) is 5.88 Å². The van der Waals surface area contributed by atoms with E-state index in [0.717, 1.165) is 4.88 Å². The Kier molecular flexibility index (Phi) is 2.55. The molecule has 78 valence electrons. The molecular formula is C10H9NO3S. The first-order valence-electron chi connectivity index (χ1n) is 4.32.